The Bertz CT molecular complexity index is 331. The van der Waals surface area contributed by atoms with Crippen LogP contribution in [0.4, 0.5) is 0 Å². The highest BCUT2D eigenvalue weighted by atomic mass is 16.5. The number of hydrogen-bond acceptors (Lipinski definition) is 2. The number of benzene rings is 1. The summed E-state index contributed by atoms with van der Waals surface area (Å²) < 4.78 is 5.67. The number of rotatable bonds is 6. The van der Waals surface area contributed by atoms with Crippen LogP contribution in [-0.4, -0.2) is 12.4 Å². The van der Waals surface area contributed by atoms with Crippen molar-refractivity contribution in [1.82, 2.24) is 0 Å². The van der Waals surface area contributed by atoms with Gasteiger partial charge in [0.1, 0.15) is 18.1 Å². The SMILES string of the molecule is C=CC(CCC)Oc1cccc(C=O)c1. The topological polar surface area (TPSA) is 26.3 Å². The van der Waals surface area contributed by atoms with Crippen LogP contribution in [0.5, 0.6) is 5.75 Å². The zero-order chi connectivity index (χ0) is 11.1. The molecule has 1 aromatic carbocycles. The Kier molecular flexibility index (Phi) is 4.61. The lowest BCUT2D eigenvalue weighted by Gasteiger charge is -2.14. The normalized spacial score (nSPS) is 11.8. The Hall–Kier alpha value is -1.57. The molecule has 1 atom stereocenters. The minimum absolute atomic E-state index is 0.0249. The van der Waals surface area contributed by atoms with Crippen molar-refractivity contribution >= 4 is 6.29 Å². The Labute approximate surface area is 90.6 Å². The lowest BCUT2D eigenvalue weighted by molar-refractivity contribution is 0.112. The van der Waals surface area contributed by atoms with Crippen LogP contribution in [0.15, 0.2) is 36.9 Å². The van der Waals surface area contributed by atoms with E-state index < -0.39 is 0 Å². The van der Waals surface area contributed by atoms with Gasteiger partial charge in [-0.25, -0.2) is 0 Å². The molecule has 0 radical (unpaired) electrons. The van der Waals surface area contributed by atoms with E-state index in [4.69, 9.17) is 4.74 Å². The predicted molar refractivity (Wildman–Crippen MR) is 61.4 cm³/mol. The molecule has 0 aromatic heterocycles. The summed E-state index contributed by atoms with van der Waals surface area (Å²) in [7, 11) is 0. The summed E-state index contributed by atoms with van der Waals surface area (Å²) in [4.78, 5) is 10.6. The molecule has 1 aromatic rings. The third-order valence-electron chi connectivity index (χ3n) is 2.12. The van der Waals surface area contributed by atoms with E-state index in [0.717, 1.165) is 24.9 Å². The van der Waals surface area contributed by atoms with E-state index in [0.29, 0.717) is 5.56 Å². The van der Waals surface area contributed by atoms with Crippen LogP contribution in [0.1, 0.15) is 30.1 Å². The fraction of sp³-hybridized carbons (Fsp3) is 0.308. The van der Waals surface area contributed by atoms with E-state index in [1.807, 2.05) is 12.1 Å². The first-order valence-corrected chi connectivity index (χ1v) is 5.14. The lowest BCUT2D eigenvalue weighted by atomic mass is 10.2. The molecule has 1 unspecified atom stereocenters. The molecule has 0 saturated heterocycles. The van der Waals surface area contributed by atoms with Gasteiger partial charge < -0.3 is 4.74 Å². The highest BCUT2D eigenvalue weighted by Gasteiger charge is 2.04. The summed E-state index contributed by atoms with van der Waals surface area (Å²) in [5, 5.41) is 0. The van der Waals surface area contributed by atoms with Crippen LogP contribution in [0.3, 0.4) is 0 Å². The molecule has 0 aliphatic heterocycles. The number of carbonyl (C=O) groups is 1. The molecule has 0 N–H and O–H groups in total. The zero-order valence-electron chi connectivity index (χ0n) is 8.98. The van der Waals surface area contributed by atoms with E-state index in [2.05, 4.69) is 13.5 Å². The van der Waals surface area contributed by atoms with Gasteiger partial charge in [0.15, 0.2) is 0 Å². The van der Waals surface area contributed by atoms with E-state index in [9.17, 15) is 4.79 Å². The summed E-state index contributed by atoms with van der Waals surface area (Å²) >= 11 is 0. The van der Waals surface area contributed by atoms with Gasteiger partial charge >= 0.3 is 0 Å². The van der Waals surface area contributed by atoms with Gasteiger partial charge in [-0.1, -0.05) is 38.1 Å². The summed E-state index contributed by atoms with van der Waals surface area (Å²) in [5.41, 5.74) is 0.631. The molecule has 0 aliphatic rings. The van der Waals surface area contributed by atoms with Gasteiger partial charge in [-0.15, -0.1) is 0 Å². The highest BCUT2D eigenvalue weighted by molar-refractivity contribution is 5.75. The molecule has 80 valence electrons. The van der Waals surface area contributed by atoms with Crippen LogP contribution in [0.2, 0.25) is 0 Å². The van der Waals surface area contributed by atoms with Gasteiger partial charge in [0.25, 0.3) is 0 Å². The van der Waals surface area contributed by atoms with Crippen molar-refractivity contribution in [2.24, 2.45) is 0 Å². The summed E-state index contributed by atoms with van der Waals surface area (Å²) in [5.74, 6) is 0.720. The van der Waals surface area contributed by atoms with Gasteiger partial charge in [0.2, 0.25) is 0 Å². The second-order valence-corrected chi connectivity index (χ2v) is 3.37. The minimum Gasteiger partial charge on any atom is -0.486 e. The van der Waals surface area contributed by atoms with Crippen molar-refractivity contribution in [3.8, 4) is 5.75 Å². The summed E-state index contributed by atoms with van der Waals surface area (Å²) in [6.45, 7) is 5.82. The van der Waals surface area contributed by atoms with Crippen molar-refractivity contribution < 1.29 is 9.53 Å². The summed E-state index contributed by atoms with van der Waals surface area (Å²) in [6.07, 6.45) is 4.61. The number of aldehydes is 1. The second-order valence-electron chi connectivity index (χ2n) is 3.37. The largest absolute Gasteiger partial charge is 0.486 e. The minimum atomic E-state index is 0.0249. The fourth-order valence-electron chi connectivity index (χ4n) is 1.35. The molecule has 0 fully saturated rings. The maximum absolute atomic E-state index is 10.6. The maximum Gasteiger partial charge on any atom is 0.150 e. The van der Waals surface area contributed by atoms with Gasteiger partial charge in [0.05, 0.1) is 0 Å². The Balaban J connectivity index is 2.69. The number of ether oxygens (including phenoxy) is 1. The third-order valence-corrected chi connectivity index (χ3v) is 2.12. The Morgan fingerprint density at radius 1 is 1.53 bits per heavy atom. The van der Waals surface area contributed by atoms with Crippen LogP contribution in [-0.2, 0) is 0 Å². The van der Waals surface area contributed by atoms with E-state index in [-0.39, 0.29) is 6.10 Å². The Morgan fingerprint density at radius 2 is 2.33 bits per heavy atom. The molecule has 0 aliphatic carbocycles. The maximum atomic E-state index is 10.6. The first kappa shape index (κ1) is 11.5. The zero-order valence-corrected chi connectivity index (χ0v) is 8.98. The van der Waals surface area contributed by atoms with Crippen LogP contribution in [0, 0.1) is 0 Å². The molecule has 0 bridgehead atoms. The molecule has 15 heavy (non-hydrogen) atoms. The average molecular weight is 204 g/mol. The van der Waals surface area contributed by atoms with Crippen molar-refractivity contribution in [3.63, 3.8) is 0 Å². The molecule has 0 amide bonds. The first-order valence-electron chi connectivity index (χ1n) is 5.14. The van der Waals surface area contributed by atoms with Gasteiger partial charge in [0, 0.05) is 5.56 Å². The first-order chi connectivity index (χ1) is 7.30. The molecule has 1 rings (SSSR count). The van der Waals surface area contributed by atoms with E-state index in [1.54, 1.807) is 18.2 Å². The van der Waals surface area contributed by atoms with E-state index in [1.165, 1.54) is 0 Å². The highest BCUT2D eigenvalue weighted by Crippen LogP contribution is 2.16. The van der Waals surface area contributed by atoms with Crippen molar-refractivity contribution in [3.05, 3.63) is 42.5 Å². The molecule has 0 spiro atoms. The van der Waals surface area contributed by atoms with Crippen molar-refractivity contribution in [1.29, 1.82) is 0 Å². The van der Waals surface area contributed by atoms with Gasteiger partial charge in [-0.05, 0) is 18.6 Å². The molecule has 0 saturated carbocycles. The predicted octanol–water partition coefficient (Wildman–Crippen LogP) is 3.23. The molecule has 0 heterocycles. The van der Waals surface area contributed by atoms with E-state index >= 15 is 0 Å². The monoisotopic (exact) mass is 204 g/mol. The lowest BCUT2D eigenvalue weighted by Crippen LogP contribution is -2.12. The summed E-state index contributed by atoms with van der Waals surface area (Å²) in [6, 6.07) is 7.14. The van der Waals surface area contributed by atoms with Crippen molar-refractivity contribution in [2.45, 2.75) is 25.9 Å². The molecular weight excluding hydrogens is 188 g/mol. The smallest absolute Gasteiger partial charge is 0.150 e. The van der Waals surface area contributed by atoms with Gasteiger partial charge in [-0.2, -0.15) is 0 Å². The Morgan fingerprint density at radius 3 is 2.93 bits per heavy atom. The molecular formula is C13H16O2. The van der Waals surface area contributed by atoms with Crippen LogP contribution < -0.4 is 4.74 Å². The van der Waals surface area contributed by atoms with Crippen molar-refractivity contribution in [2.75, 3.05) is 0 Å². The van der Waals surface area contributed by atoms with Crippen LogP contribution in [0.25, 0.3) is 0 Å². The third kappa shape index (κ3) is 3.58. The molecule has 2 heteroatoms. The van der Waals surface area contributed by atoms with Crippen LogP contribution >= 0.6 is 0 Å². The molecule has 2 nitrogen and oxygen atoms in total. The quantitative estimate of drug-likeness (QED) is 0.525. The van der Waals surface area contributed by atoms with Gasteiger partial charge in [-0.3, -0.25) is 4.79 Å². The number of hydrogen-bond donors (Lipinski definition) is 0. The second kappa shape index (κ2) is 6.02. The average Bonchev–Trinajstić information content (AvgIpc) is 2.29. The fourth-order valence-corrected chi connectivity index (χ4v) is 1.35. The standard InChI is InChI=1S/C13H16O2/c1-3-6-12(4-2)15-13-8-5-7-11(9-13)10-14/h4-5,7-10,12H,2-3,6H2,1H3. The number of carbonyl (C=O) groups excluding carboxylic acids is 1.